The molecule has 4 rings (SSSR count). The second-order valence-electron chi connectivity index (χ2n) is 9.85. The van der Waals surface area contributed by atoms with E-state index in [2.05, 4.69) is 19.9 Å². The van der Waals surface area contributed by atoms with E-state index in [4.69, 9.17) is 4.84 Å². The van der Waals surface area contributed by atoms with Crippen molar-refractivity contribution < 1.29 is 14.7 Å². The highest BCUT2D eigenvalue weighted by Gasteiger charge is 2.60. The zero-order valence-electron chi connectivity index (χ0n) is 16.8. The van der Waals surface area contributed by atoms with E-state index in [1.54, 1.807) is 14.2 Å². The second kappa shape index (κ2) is 6.34. The van der Waals surface area contributed by atoms with Gasteiger partial charge in [-0.25, -0.2) is 5.06 Å². The number of hydrogen-bond donors (Lipinski definition) is 1. The molecule has 0 bridgehead atoms. The van der Waals surface area contributed by atoms with Crippen LogP contribution in [0.1, 0.15) is 65.2 Å². The molecule has 146 valence electrons. The van der Waals surface area contributed by atoms with Crippen molar-refractivity contribution in [2.24, 2.45) is 34.5 Å². The Balaban J connectivity index is 1.61. The van der Waals surface area contributed by atoms with Crippen molar-refractivity contribution in [3.8, 4) is 0 Å². The van der Waals surface area contributed by atoms with Crippen LogP contribution in [0.15, 0.2) is 11.6 Å². The minimum Gasteiger partial charge on any atom is -0.393 e. The van der Waals surface area contributed by atoms with Crippen molar-refractivity contribution in [2.75, 3.05) is 14.2 Å². The van der Waals surface area contributed by atoms with Crippen LogP contribution in [0.4, 0.5) is 0 Å². The van der Waals surface area contributed by atoms with Crippen LogP contribution in [0.5, 0.6) is 0 Å². The fourth-order valence-corrected chi connectivity index (χ4v) is 7.36. The molecule has 3 fully saturated rings. The summed E-state index contributed by atoms with van der Waals surface area (Å²) in [4.78, 5) is 18.1. The lowest BCUT2D eigenvalue weighted by Crippen LogP contribution is -2.51. The predicted molar refractivity (Wildman–Crippen MR) is 101 cm³/mol. The van der Waals surface area contributed by atoms with Crippen LogP contribution >= 0.6 is 0 Å². The molecule has 3 saturated carbocycles. The molecule has 0 aromatic heterocycles. The van der Waals surface area contributed by atoms with Crippen molar-refractivity contribution in [2.45, 2.75) is 71.3 Å². The molecule has 0 radical (unpaired) electrons. The summed E-state index contributed by atoms with van der Waals surface area (Å²) in [5.41, 5.74) is 1.90. The van der Waals surface area contributed by atoms with Gasteiger partial charge in [-0.05, 0) is 80.0 Å². The van der Waals surface area contributed by atoms with Crippen LogP contribution < -0.4 is 0 Å². The van der Waals surface area contributed by atoms with Crippen LogP contribution in [0.25, 0.3) is 0 Å². The van der Waals surface area contributed by atoms with E-state index in [0.717, 1.165) is 44.4 Å². The first-order valence-electron chi connectivity index (χ1n) is 10.5. The Kier molecular flexibility index (Phi) is 4.51. The number of hydroxylamine groups is 2. The van der Waals surface area contributed by atoms with E-state index < -0.39 is 0 Å². The van der Waals surface area contributed by atoms with Crippen LogP contribution in [-0.2, 0) is 9.63 Å². The fourth-order valence-electron chi connectivity index (χ4n) is 7.36. The summed E-state index contributed by atoms with van der Waals surface area (Å²) in [6.45, 7) is 4.83. The largest absolute Gasteiger partial charge is 0.393 e. The number of carbonyl (C=O) groups excluding carboxylic acids is 1. The molecule has 0 aromatic rings. The maximum Gasteiger partial charge on any atom is 0.249 e. The lowest BCUT2D eigenvalue weighted by molar-refractivity contribution is -0.179. The smallest absolute Gasteiger partial charge is 0.249 e. The molecule has 4 nitrogen and oxygen atoms in total. The monoisotopic (exact) mass is 361 g/mol. The minimum absolute atomic E-state index is 0.102. The molecule has 0 saturated heterocycles. The molecule has 7 atom stereocenters. The Morgan fingerprint density at radius 3 is 2.69 bits per heavy atom. The van der Waals surface area contributed by atoms with Crippen LogP contribution in [-0.4, -0.2) is 36.3 Å². The first-order valence-corrected chi connectivity index (χ1v) is 10.5. The van der Waals surface area contributed by atoms with Gasteiger partial charge in [0.25, 0.3) is 0 Å². The van der Waals surface area contributed by atoms with Gasteiger partial charge in [0.05, 0.1) is 13.2 Å². The highest BCUT2D eigenvalue weighted by atomic mass is 16.7. The third kappa shape index (κ3) is 2.51. The number of hydrogen-bond acceptors (Lipinski definition) is 3. The highest BCUT2D eigenvalue weighted by molar-refractivity contribution is 5.79. The molecule has 4 aliphatic carbocycles. The molecular formula is C22H35NO3. The lowest BCUT2D eigenvalue weighted by atomic mass is 9.47. The molecule has 0 heterocycles. The summed E-state index contributed by atoms with van der Waals surface area (Å²) in [5, 5.41) is 11.6. The number of fused-ring (bicyclic) bond motifs is 5. The zero-order valence-corrected chi connectivity index (χ0v) is 16.8. The van der Waals surface area contributed by atoms with Crippen molar-refractivity contribution in [3.05, 3.63) is 11.6 Å². The molecule has 0 aromatic carbocycles. The fraction of sp³-hybridized carbons (Fsp3) is 0.864. The molecule has 0 aliphatic heterocycles. The maximum absolute atomic E-state index is 12.9. The standard InChI is InChI=1S/C22H35NO3/c1-21-11-9-15(24)13-14(21)5-6-16-17-7-8-19(20(25)23(3)26-4)22(17,2)12-10-18(16)21/h5,15-19,24H,6-13H2,1-4H3/t15-,16-,17-,18-,19+,21-,22-/m0/s1. The van der Waals surface area contributed by atoms with Gasteiger partial charge in [0.1, 0.15) is 0 Å². The van der Waals surface area contributed by atoms with Gasteiger partial charge >= 0.3 is 0 Å². The number of allylic oxidation sites excluding steroid dienone is 1. The average Bonchev–Trinajstić information content (AvgIpc) is 2.98. The molecule has 1 amide bonds. The van der Waals surface area contributed by atoms with Crippen molar-refractivity contribution in [1.82, 2.24) is 5.06 Å². The maximum atomic E-state index is 12.9. The Morgan fingerprint density at radius 1 is 1.19 bits per heavy atom. The molecular weight excluding hydrogens is 326 g/mol. The number of nitrogens with zero attached hydrogens (tertiary/aromatic N) is 1. The van der Waals surface area contributed by atoms with Crippen molar-refractivity contribution in [1.29, 1.82) is 0 Å². The van der Waals surface area contributed by atoms with Gasteiger partial charge in [-0.2, -0.15) is 0 Å². The van der Waals surface area contributed by atoms with Gasteiger partial charge in [0.2, 0.25) is 5.91 Å². The average molecular weight is 362 g/mol. The Labute approximate surface area is 157 Å². The Morgan fingerprint density at radius 2 is 1.96 bits per heavy atom. The van der Waals surface area contributed by atoms with Crippen molar-refractivity contribution in [3.63, 3.8) is 0 Å². The summed E-state index contributed by atoms with van der Waals surface area (Å²) in [5.74, 6) is 2.33. The molecule has 4 aliphatic rings. The number of aliphatic hydroxyl groups is 1. The topological polar surface area (TPSA) is 49.8 Å². The molecule has 0 spiro atoms. The molecule has 1 N–H and O–H groups in total. The Hall–Kier alpha value is -0.870. The Bertz CT molecular complexity index is 617. The summed E-state index contributed by atoms with van der Waals surface area (Å²) in [7, 11) is 3.32. The summed E-state index contributed by atoms with van der Waals surface area (Å²) < 4.78 is 0. The van der Waals surface area contributed by atoms with Gasteiger partial charge in [-0.15, -0.1) is 0 Å². The van der Waals surface area contributed by atoms with E-state index in [1.807, 2.05) is 0 Å². The van der Waals surface area contributed by atoms with Crippen LogP contribution in [0.3, 0.4) is 0 Å². The third-order valence-electron chi connectivity index (χ3n) is 8.96. The number of carbonyl (C=O) groups is 1. The highest BCUT2D eigenvalue weighted by Crippen LogP contribution is 2.66. The molecule has 0 unspecified atom stereocenters. The first kappa shape index (κ1) is 18.5. The quantitative estimate of drug-likeness (QED) is 0.598. The number of rotatable bonds is 2. The van der Waals surface area contributed by atoms with E-state index in [0.29, 0.717) is 11.8 Å². The van der Waals surface area contributed by atoms with Gasteiger partial charge < -0.3 is 5.11 Å². The zero-order chi connectivity index (χ0) is 18.7. The predicted octanol–water partition coefficient (Wildman–Crippen LogP) is 3.95. The van der Waals surface area contributed by atoms with E-state index in [9.17, 15) is 9.90 Å². The van der Waals surface area contributed by atoms with Gasteiger partial charge in [-0.1, -0.05) is 25.5 Å². The summed E-state index contributed by atoms with van der Waals surface area (Å²) in [6.07, 6.45) is 11.0. The summed E-state index contributed by atoms with van der Waals surface area (Å²) >= 11 is 0. The van der Waals surface area contributed by atoms with Gasteiger partial charge in [0.15, 0.2) is 0 Å². The van der Waals surface area contributed by atoms with Crippen LogP contribution in [0.2, 0.25) is 0 Å². The third-order valence-corrected chi connectivity index (χ3v) is 8.96. The normalized spacial score (nSPS) is 47.4. The molecule has 4 heteroatoms. The summed E-state index contributed by atoms with van der Waals surface area (Å²) in [6, 6.07) is 0. The van der Waals surface area contributed by atoms with Crippen molar-refractivity contribution >= 4 is 5.91 Å². The van der Waals surface area contributed by atoms with Gasteiger partial charge in [-0.3, -0.25) is 9.63 Å². The van der Waals surface area contributed by atoms with E-state index in [1.165, 1.54) is 23.5 Å². The molecule has 26 heavy (non-hydrogen) atoms. The van der Waals surface area contributed by atoms with Gasteiger partial charge in [0, 0.05) is 13.0 Å². The number of amides is 1. The van der Waals surface area contributed by atoms with Crippen LogP contribution in [0, 0.1) is 34.5 Å². The van der Waals surface area contributed by atoms with E-state index in [-0.39, 0.29) is 28.8 Å². The van der Waals surface area contributed by atoms with E-state index >= 15 is 0 Å². The second-order valence-corrected chi connectivity index (χ2v) is 9.85. The lowest BCUT2D eigenvalue weighted by Gasteiger charge is -2.58. The minimum atomic E-state index is -0.141. The number of aliphatic hydroxyl groups excluding tert-OH is 1. The SMILES string of the molecule is CON(C)C(=O)[C@H]1CC[C@H]2[C@@H]3CC=C4C[C@@H](O)CC[C@]4(C)[C@H]3CC[C@]12C. The first-order chi connectivity index (χ1) is 12.3.